The molecule has 0 spiro atoms. The van der Waals surface area contributed by atoms with Crippen LogP contribution in [0.2, 0.25) is 0 Å². The van der Waals surface area contributed by atoms with Gasteiger partial charge in [-0.3, -0.25) is 4.79 Å². The van der Waals surface area contributed by atoms with Crippen LogP contribution in [0.1, 0.15) is 0 Å². The molecule has 0 atom stereocenters. The molecule has 0 bridgehead atoms. The Morgan fingerprint density at radius 1 is 1.15 bits per heavy atom. The van der Waals surface area contributed by atoms with E-state index >= 15 is 0 Å². The molecule has 20 heavy (non-hydrogen) atoms. The zero-order valence-corrected chi connectivity index (χ0v) is 11.7. The molecule has 0 heterocycles. The first-order valence-corrected chi connectivity index (χ1v) is 7.22. The molecule has 3 nitrogen and oxygen atoms in total. The van der Waals surface area contributed by atoms with Gasteiger partial charge in [0.15, 0.2) is 6.61 Å². The molecule has 0 saturated heterocycles. The van der Waals surface area contributed by atoms with Crippen molar-refractivity contribution in [1.82, 2.24) is 0 Å². The Morgan fingerprint density at radius 2 is 1.80 bits per heavy atom. The SMILES string of the molecule is CSc1ccc(NC(=O)COc2ccc(F)cc2)cc1. The number of hydrogen-bond donors (Lipinski definition) is 1. The van der Waals surface area contributed by atoms with E-state index in [1.165, 1.54) is 24.3 Å². The fourth-order valence-corrected chi connectivity index (χ4v) is 1.96. The third kappa shape index (κ3) is 4.28. The van der Waals surface area contributed by atoms with Crippen molar-refractivity contribution in [2.75, 3.05) is 18.2 Å². The van der Waals surface area contributed by atoms with E-state index in [-0.39, 0.29) is 18.3 Å². The van der Waals surface area contributed by atoms with Gasteiger partial charge in [0.05, 0.1) is 0 Å². The predicted octanol–water partition coefficient (Wildman–Crippen LogP) is 3.57. The van der Waals surface area contributed by atoms with Gasteiger partial charge in [0, 0.05) is 10.6 Å². The van der Waals surface area contributed by atoms with E-state index in [1.807, 2.05) is 30.5 Å². The zero-order chi connectivity index (χ0) is 14.4. The number of carbonyl (C=O) groups excluding carboxylic acids is 1. The maximum absolute atomic E-state index is 12.7. The van der Waals surface area contributed by atoms with Gasteiger partial charge in [-0.05, 0) is 54.8 Å². The molecule has 2 aromatic carbocycles. The Balaban J connectivity index is 1.84. The Kier molecular flexibility index (Phi) is 5.01. The summed E-state index contributed by atoms with van der Waals surface area (Å²) >= 11 is 1.64. The van der Waals surface area contributed by atoms with Gasteiger partial charge in [-0.1, -0.05) is 0 Å². The third-order valence-corrected chi connectivity index (χ3v) is 3.30. The molecule has 0 fully saturated rings. The van der Waals surface area contributed by atoms with E-state index in [4.69, 9.17) is 4.74 Å². The van der Waals surface area contributed by atoms with E-state index in [1.54, 1.807) is 11.8 Å². The number of nitrogens with one attached hydrogen (secondary N) is 1. The summed E-state index contributed by atoms with van der Waals surface area (Å²) in [6.45, 7) is -0.115. The molecule has 104 valence electrons. The number of ether oxygens (including phenoxy) is 1. The van der Waals surface area contributed by atoms with Crippen LogP contribution in [-0.2, 0) is 4.79 Å². The van der Waals surface area contributed by atoms with Crippen LogP contribution < -0.4 is 10.1 Å². The molecule has 0 aromatic heterocycles. The van der Waals surface area contributed by atoms with Gasteiger partial charge in [-0.2, -0.15) is 0 Å². The van der Waals surface area contributed by atoms with Crippen molar-refractivity contribution in [2.45, 2.75) is 4.90 Å². The fourth-order valence-electron chi connectivity index (χ4n) is 1.55. The standard InChI is InChI=1S/C15H14FNO2S/c1-20-14-8-4-12(5-9-14)17-15(18)10-19-13-6-2-11(16)3-7-13/h2-9H,10H2,1H3,(H,17,18). The predicted molar refractivity (Wildman–Crippen MR) is 78.7 cm³/mol. The van der Waals surface area contributed by atoms with Crippen LogP contribution in [0, 0.1) is 5.82 Å². The Morgan fingerprint density at radius 3 is 2.40 bits per heavy atom. The van der Waals surface area contributed by atoms with Gasteiger partial charge in [-0.25, -0.2) is 4.39 Å². The molecule has 0 aliphatic heterocycles. The van der Waals surface area contributed by atoms with Crippen molar-refractivity contribution in [3.63, 3.8) is 0 Å². The molecule has 5 heteroatoms. The number of amides is 1. The maximum atomic E-state index is 12.7. The molecule has 0 radical (unpaired) electrons. The Labute approximate surface area is 121 Å². The molecule has 2 rings (SSSR count). The van der Waals surface area contributed by atoms with Crippen LogP contribution in [0.15, 0.2) is 53.4 Å². The lowest BCUT2D eigenvalue weighted by Crippen LogP contribution is -2.20. The van der Waals surface area contributed by atoms with E-state index < -0.39 is 0 Å². The number of hydrogen-bond acceptors (Lipinski definition) is 3. The van der Waals surface area contributed by atoms with E-state index in [0.717, 1.165) is 10.6 Å². The second kappa shape index (κ2) is 6.96. The second-order valence-corrected chi connectivity index (χ2v) is 4.90. The number of halogens is 1. The van der Waals surface area contributed by atoms with E-state index in [2.05, 4.69) is 5.32 Å². The molecular weight excluding hydrogens is 277 g/mol. The lowest BCUT2D eigenvalue weighted by Gasteiger charge is -2.07. The first kappa shape index (κ1) is 14.4. The molecular formula is C15H14FNO2S. The summed E-state index contributed by atoms with van der Waals surface area (Å²) in [5.74, 6) is -0.138. The summed E-state index contributed by atoms with van der Waals surface area (Å²) < 4.78 is 18.0. The topological polar surface area (TPSA) is 38.3 Å². The molecule has 0 aliphatic rings. The third-order valence-electron chi connectivity index (χ3n) is 2.56. The summed E-state index contributed by atoms with van der Waals surface area (Å²) in [6, 6.07) is 13.1. The van der Waals surface area contributed by atoms with Gasteiger partial charge in [-0.15, -0.1) is 11.8 Å². The highest BCUT2D eigenvalue weighted by atomic mass is 32.2. The van der Waals surface area contributed by atoms with Gasteiger partial charge < -0.3 is 10.1 Å². The minimum absolute atomic E-state index is 0.115. The molecule has 1 amide bonds. The van der Waals surface area contributed by atoms with Crippen molar-refractivity contribution in [3.05, 3.63) is 54.3 Å². The Bertz CT molecular complexity index is 569. The number of benzene rings is 2. The van der Waals surface area contributed by atoms with E-state index in [9.17, 15) is 9.18 Å². The highest BCUT2D eigenvalue weighted by Gasteiger charge is 2.04. The fraction of sp³-hybridized carbons (Fsp3) is 0.133. The Hall–Kier alpha value is -2.01. The highest BCUT2D eigenvalue weighted by Crippen LogP contribution is 2.17. The molecule has 0 unspecified atom stereocenters. The van der Waals surface area contributed by atoms with Crippen molar-refractivity contribution < 1.29 is 13.9 Å². The quantitative estimate of drug-likeness (QED) is 0.856. The van der Waals surface area contributed by atoms with Crippen molar-refractivity contribution in [3.8, 4) is 5.75 Å². The summed E-state index contributed by atoms with van der Waals surface area (Å²) in [7, 11) is 0. The highest BCUT2D eigenvalue weighted by molar-refractivity contribution is 7.98. The summed E-state index contributed by atoms with van der Waals surface area (Å²) in [4.78, 5) is 12.8. The van der Waals surface area contributed by atoms with E-state index in [0.29, 0.717) is 5.75 Å². The van der Waals surface area contributed by atoms with Crippen molar-refractivity contribution in [2.24, 2.45) is 0 Å². The maximum Gasteiger partial charge on any atom is 0.262 e. The average Bonchev–Trinajstić information content (AvgIpc) is 2.47. The summed E-state index contributed by atoms with van der Waals surface area (Å²) in [5, 5.41) is 2.73. The number of thioether (sulfide) groups is 1. The van der Waals surface area contributed by atoms with Crippen LogP contribution in [0.5, 0.6) is 5.75 Å². The van der Waals surface area contributed by atoms with Gasteiger partial charge >= 0.3 is 0 Å². The van der Waals surface area contributed by atoms with Gasteiger partial charge in [0.1, 0.15) is 11.6 Å². The van der Waals surface area contributed by atoms with Gasteiger partial charge in [0.25, 0.3) is 5.91 Å². The monoisotopic (exact) mass is 291 g/mol. The lowest BCUT2D eigenvalue weighted by molar-refractivity contribution is -0.118. The minimum atomic E-state index is -0.337. The summed E-state index contributed by atoms with van der Waals surface area (Å²) in [5.41, 5.74) is 0.718. The number of rotatable bonds is 5. The van der Waals surface area contributed by atoms with Crippen LogP contribution in [-0.4, -0.2) is 18.8 Å². The number of carbonyl (C=O) groups is 1. The summed E-state index contributed by atoms with van der Waals surface area (Å²) in [6.07, 6.45) is 1.99. The molecule has 0 aliphatic carbocycles. The lowest BCUT2D eigenvalue weighted by atomic mass is 10.3. The first-order chi connectivity index (χ1) is 9.67. The zero-order valence-electron chi connectivity index (χ0n) is 10.9. The van der Waals surface area contributed by atoms with Crippen LogP contribution in [0.4, 0.5) is 10.1 Å². The van der Waals surface area contributed by atoms with Crippen molar-refractivity contribution >= 4 is 23.4 Å². The molecule has 2 aromatic rings. The normalized spacial score (nSPS) is 10.1. The van der Waals surface area contributed by atoms with Crippen LogP contribution in [0.3, 0.4) is 0 Å². The molecule has 0 saturated carbocycles. The average molecular weight is 291 g/mol. The largest absolute Gasteiger partial charge is 0.484 e. The van der Waals surface area contributed by atoms with Crippen LogP contribution >= 0.6 is 11.8 Å². The second-order valence-electron chi connectivity index (χ2n) is 4.02. The minimum Gasteiger partial charge on any atom is -0.484 e. The van der Waals surface area contributed by atoms with Crippen LogP contribution in [0.25, 0.3) is 0 Å². The molecule has 1 N–H and O–H groups in total. The number of anilines is 1. The van der Waals surface area contributed by atoms with Gasteiger partial charge in [0.2, 0.25) is 0 Å². The smallest absolute Gasteiger partial charge is 0.262 e. The first-order valence-electron chi connectivity index (χ1n) is 5.99. The van der Waals surface area contributed by atoms with Crippen molar-refractivity contribution in [1.29, 1.82) is 0 Å².